The van der Waals surface area contributed by atoms with Gasteiger partial charge >= 0.3 is 81.0 Å². The van der Waals surface area contributed by atoms with Gasteiger partial charge in [-0.25, -0.2) is 0 Å². The molecule has 5 heteroatoms. The molecular weight excluding hydrogens is 235 g/mol. The summed E-state index contributed by atoms with van der Waals surface area (Å²) in [6.07, 6.45) is 0. The second kappa shape index (κ2) is 4.77. The van der Waals surface area contributed by atoms with Crippen LogP contribution in [0.25, 0.3) is 0 Å². The minimum absolute atomic E-state index is 0.357. The fraction of sp³-hybridized carbons (Fsp3) is 0.125. The first-order valence-corrected chi connectivity index (χ1v) is 5.21. The van der Waals surface area contributed by atoms with E-state index in [0.717, 1.165) is 4.35 Å². The molecule has 0 aliphatic rings. The van der Waals surface area contributed by atoms with Gasteiger partial charge < -0.3 is 0 Å². The normalized spacial score (nSPS) is 9.85. The van der Waals surface area contributed by atoms with Crippen molar-refractivity contribution < 1.29 is 18.4 Å². The Balaban J connectivity index is 2.59. The van der Waals surface area contributed by atoms with Crippen LogP contribution in [-0.2, 0) is 8.53 Å². The van der Waals surface area contributed by atoms with Crippen molar-refractivity contribution in [2.75, 3.05) is 6.61 Å². The summed E-state index contributed by atoms with van der Waals surface area (Å²) < 4.78 is 16.1. The summed E-state index contributed by atoms with van der Waals surface area (Å²) in [5, 5.41) is 8.31. The van der Waals surface area contributed by atoms with Crippen molar-refractivity contribution in [2.45, 2.75) is 0 Å². The van der Waals surface area contributed by atoms with Gasteiger partial charge in [0.15, 0.2) is 0 Å². The van der Waals surface area contributed by atoms with Crippen LogP contribution < -0.4 is 9.09 Å². The summed E-state index contributed by atoms with van der Waals surface area (Å²) in [5.41, 5.74) is 0. The summed E-state index contributed by atoms with van der Waals surface area (Å²) in [4.78, 5) is 10.1. The quantitative estimate of drug-likeness (QED) is 0.744. The Morgan fingerprint density at radius 2 is 2.00 bits per heavy atom. The van der Waals surface area contributed by atoms with Crippen LogP contribution >= 0.6 is 0 Å². The minimum atomic E-state index is -1.02. The van der Waals surface area contributed by atoms with Gasteiger partial charge in [0.1, 0.15) is 0 Å². The van der Waals surface area contributed by atoms with Crippen molar-refractivity contribution >= 4 is 26.0 Å². The molecule has 4 nitrogen and oxygen atoms in total. The fourth-order valence-corrected chi connectivity index (χ4v) is 1.32. The van der Waals surface area contributed by atoms with Gasteiger partial charge in [0, 0.05) is 0 Å². The molecular formula is C8H7AsO4. The molecule has 13 heavy (non-hydrogen) atoms. The van der Waals surface area contributed by atoms with E-state index < -0.39 is 21.7 Å². The number of ether oxygens (including phenoxy) is 1. The van der Waals surface area contributed by atoms with Crippen LogP contribution in [0.5, 0.6) is 5.75 Å². The first-order valence-electron chi connectivity index (χ1n) is 3.50. The summed E-state index contributed by atoms with van der Waals surface area (Å²) >= 11 is -1.02. The molecule has 0 atom stereocenters. The molecule has 1 N–H and O–H groups in total. The van der Waals surface area contributed by atoms with Gasteiger partial charge in [-0.1, -0.05) is 0 Å². The molecule has 0 fully saturated rings. The molecule has 0 amide bonds. The molecule has 0 aromatic heterocycles. The van der Waals surface area contributed by atoms with E-state index in [2.05, 4.69) is 0 Å². The number of carbonyl (C=O) groups is 1. The molecule has 1 rings (SSSR count). The zero-order valence-electron chi connectivity index (χ0n) is 6.64. The Kier molecular flexibility index (Phi) is 3.65. The number of rotatable bonds is 4. The van der Waals surface area contributed by atoms with Crippen LogP contribution in [0.1, 0.15) is 0 Å². The second-order valence-electron chi connectivity index (χ2n) is 2.27. The topological polar surface area (TPSA) is 63.6 Å². The van der Waals surface area contributed by atoms with E-state index in [0.29, 0.717) is 5.75 Å². The average molecular weight is 242 g/mol. The molecule has 0 spiro atoms. The van der Waals surface area contributed by atoms with E-state index in [4.69, 9.17) is 9.84 Å². The average Bonchev–Trinajstić information content (AvgIpc) is 2.15. The third-order valence-electron chi connectivity index (χ3n) is 1.30. The van der Waals surface area contributed by atoms with Gasteiger partial charge in [0.05, 0.1) is 0 Å². The van der Waals surface area contributed by atoms with Gasteiger partial charge in [-0.05, 0) is 0 Å². The molecule has 0 bridgehead atoms. The molecule has 0 saturated carbocycles. The fourth-order valence-electron chi connectivity index (χ4n) is 0.748. The van der Waals surface area contributed by atoms with Gasteiger partial charge in [0.2, 0.25) is 0 Å². The monoisotopic (exact) mass is 242 g/mol. The first-order chi connectivity index (χ1) is 6.22. The number of hydrogen-bond acceptors (Lipinski definition) is 3. The first kappa shape index (κ1) is 9.93. The second-order valence-corrected chi connectivity index (χ2v) is 3.73. The Hall–Kier alpha value is -1.15. The number of hydrogen-bond donors (Lipinski definition) is 1. The van der Waals surface area contributed by atoms with Gasteiger partial charge in [-0.3, -0.25) is 0 Å². The van der Waals surface area contributed by atoms with E-state index in [9.17, 15) is 8.53 Å². The van der Waals surface area contributed by atoms with Gasteiger partial charge in [-0.2, -0.15) is 0 Å². The van der Waals surface area contributed by atoms with Crippen molar-refractivity contribution in [3.05, 3.63) is 24.3 Å². The molecule has 0 aliphatic carbocycles. The van der Waals surface area contributed by atoms with Crippen molar-refractivity contribution in [1.29, 1.82) is 0 Å². The van der Waals surface area contributed by atoms with Crippen molar-refractivity contribution in [2.24, 2.45) is 0 Å². The van der Waals surface area contributed by atoms with Crippen molar-refractivity contribution in [3.63, 3.8) is 0 Å². The number of aliphatic carboxylic acids is 1. The van der Waals surface area contributed by atoms with E-state index in [1.165, 1.54) is 0 Å². The third kappa shape index (κ3) is 3.38. The van der Waals surface area contributed by atoms with Crippen LogP contribution in [0.15, 0.2) is 24.3 Å². The van der Waals surface area contributed by atoms with E-state index >= 15 is 0 Å². The van der Waals surface area contributed by atoms with Crippen LogP contribution in [0.2, 0.25) is 0 Å². The van der Waals surface area contributed by atoms with Crippen LogP contribution in [-0.4, -0.2) is 33.4 Å². The Labute approximate surface area is 81.4 Å². The summed E-state index contributed by atoms with van der Waals surface area (Å²) in [7, 11) is 0. The zero-order valence-corrected chi connectivity index (χ0v) is 8.51. The zero-order chi connectivity index (χ0) is 9.68. The van der Waals surface area contributed by atoms with E-state index in [1.807, 2.05) is 0 Å². The molecule has 0 heterocycles. The summed E-state index contributed by atoms with van der Waals surface area (Å²) in [5.74, 6) is -0.542. The number of carboxylic acids is 1. The maximum atomic E-state index is 10.5. The predicted octanol–water partition coefficient (Wildman–Crippen LogP) is -0.175. The Morgan fingerprint density at radius 1 is 1.38 bits per heavy atom. The molecule has 0 saturated heterocycles. The molecule has 1 aromatic rings. The predicted molar refractivity (Wildman–Crippen MR) is 45.6 cm³/mol. The van der Waals surface area contributed by atoms with Crippen LogP contribution in [0.4, 0.5) is 0 Å². The Bertz CT molecular complexity index is 306. The molecule has 1 aromatic carbocycles. The van der Waals surface area contributed by atoms with Gasteiger partial charge in [-0.15, -0.1) is 0 Å². The third-order valence-corrected chi connectivity index (χ3v) is 2.37. The Morgan fingerprint density at radius 3 is 2.46 bits per heavy atom. The number of carboxylic acid groups (broad SMARTS) is 1. The van der Waals surface area contributed by atoms with Crippen LogP contribution in [0.3, 0.4) is 0 Å². The maximum absolute atomic E-state index is 10.5. The molecule has 0 aliphatic heterocycles. The summed E-state index contributed by atoms with van der Waals surface area (Å²) in [6, 6.07) is 6.52. The van der Waals surface area contributed by atoms with Crippen LogP contribution in [0, 0.1) is 0 Å². The number of benzene rings is 1. The SMILES string of the molecule is O=[As]c1ccc(OCC(=O)O)cc1. The summed E-state index contributed by atoms with van der Waals surface area (Å²) in [6.45, 7) is -0.357. The van der Waals surface area contributed by atoms with E-state index in [-0.39, 0.29) is 6.61 Å². The van der Waals surface area contributed by atoms with Crippen molar-refractivity contribution in [1.82, 2.24) is 0 Å². The van der Waals surface area contributed by atoms with E-state index in [1.54, 1.807) is 24.3 Å². The molecule has 0 radical (unpaired) electrons. The van der Waals surface area contributed by atoms with Crippen molar-refractivity contribution in [3.8, 4) is 5.75 Å². The molecule has 68 valence electrons. The standard InChI is InChI=1S/C8H7AsO4/c10-8(11)5-13-7-3-1-6(9-12)2-4-7/h1-4H,5H2,(H,10,11). The van der Waals surface area contributed by atoms with Gasteiger partial charge in [0.25, 0.3) is 0 Å². The molecule has 0 unspecified atom stereocenters.